The highest BCUT2D eigenvalue weighted by Crippen LogP contribution is 2.24. The Morgan fingerprint density at radius 1 is 1.35 bits per heavy atom. The van der Waals surface area contributed by atoms with E-state index < -0.39 is 6.41 Å². The van der Waals surface area contributed by atoms with Crippen molar-refractivity contribution in [3.63, 3.8) is 0 Å². The number of amides is 1. The molecule has 1 fully saturated rings. The summed E-state index contributed by atoms with van der Waals surface area (Å²) in [6.07, 6.45) is 6.58. The van der Waals surface area contributed by atoms with E-state index in [0.717, 1.165) is 24.0 Å². The van der Waals surface area contributed by atoms with Crippen molar-refractivity contribution in [3.05, 3.63) is 42.4 Å². The van der Waals surface area contributed by atoms with Gasteiger partial charge in [0.25, 0.3) is 6.41 Å². The molecule has 2 aromatic rings. The van der Waals surface area contributed by atoms with Crippen molar-refractivity contribution in [2.75, 3.05) is 7.05 Å². The zero-order valence-corrected chi connectivity index (χ0v) is 14.5. The lowest BCUT2D eigenvalue weighted by molar-refractivity contribution is -0.102. The second-order valence-electron chi connectivity index (χ2n) is 6.60. The predicted molar refractivity (Wildman–Crippen MR) is 95.2 cm³/mol. The molecule has 136 valence electrons. The van der Waals surface area contributed by atoms with Gasteiger partial charge < -0.3 is 10.0 Å². The molecule has 1 unspecified atom stereocenters. The summed E-state index contributed by atoms with van der Waals surface area (Å²) in [7, 11) is 1.85. The number of carbonyl (C=O) groups excluding carboxylic acids is 1. The minimum absolute atomic E-state index is 0.0647. The monoisotopic (exact) mass is 355 g/mol. The number of benzene rings is 1. The molecular formula is C18H21N5O3. The lowest BCUT2D eigenvalue weighted by Gasteiger charge is -2.23. The number of nitrogens with zero attached hydrogens (tertiary/aromatic N) is 4. The molecule has 0 radical (unpaired) electrons. The summed E-state index contributed by atoms with van der Waals surface area (Å²) in [5, 5.41) is 9.32. The third-order valence-electron chi connectivity index (χ3n) is 4.91. The van der Waals surface area contributed by atoms with Crippen molar-refractivity contribution in [2.45, 2.75) is 38.1 Å². The van der Waals surface area contributed by atoms with Crippen LogP contribution in [0.15, 0.2) is 41.8 Å². The van der Waals surface area contributed by atoms with Gasteiger partial charge >= 0.3 is 6.03 Å². The van der Waals surface area contributed by atoms with Gasteiger partial charge in [-0.3, -0.25) is 4.57 Å². The van der Waals surface area contributed by atoms with E-state index in [1.165, 1.54) is 17.4 Å². The van der Waals surface area contributed by atoms with E-state index in [0.29, 0.717) is 17.6 Å². The summed E-state index contributed by atoms with van der Waals surface area (Å²) in [6.45, 7) is 0. The van der Waals surface area contributed by atoms with Crippen LogP contribution in [-0.4, -0.2) is 50.9 Å². The third kappa shape index (κ3) is 3.21. The average molecular weight is 355 g/mol. The van der Waals surface area contributed by atoms with E-state index in [-0.39, 0.29) is 6.03 Å². The van der Waals surface area contributed by atoms with Crippen molar-refractivity contribution in [2.24, 2.45) is 4.99 Å². The second kappa shape index (κ2) is 6.89. The molecule has 4 rings (SSSR count). The number of aliphatic hydroxyl groups is 1. The molecule has 26 heavy (non-hydrogen) atoms. The van der Waals surface area contributed by atoms with Crippen molar-refractivity contribution in [3.8, 4) is 11.3 Å². The number of nitrogens with one attached hydrogen (secondary N) is 1. The molecule has 2 heterocycles. The SMILES string of the molecule is CN(C(=O)n1cnc(-c2cccc(C3=NC(O)ON3)c2)c1)C1CCCC1. The fourth-order valence-corrected chi connectivity index (χ4v) is 3.44. The number of carbonyl (C=O) groups is 1. The second-order valence-corrected chi connectivity index (χ2v) is 6.60. The van der Waals surface area contributed by atoms with Gasteiger partial charge in [0.1, 0.15) is 6.33 Å². The largest absolute Gasteiger partial charge is 0.348 e. The molecule has 1 saturated carbocycles. The number of aliphatic hydroxyl groups excluding tert-OH is 1. The highest BCUT2D eigenvalue weighted by molar-refractivity contribution is 5.99. The first-order chi connectivity index (χ1) is 12.6. The molecule has 1 aliphatic carbocycles. The Labute approximate surface area is 151 Å². The molecule has 1 aromatic heterocycles. The van der Waals surface area contributed by atoms with Crippen LogP contribution in [0.4, 0.5) is 4.79 Å². The lowest BCUT2D eigenvalue weighted by atomic mass is 10.1. The Balaban J connectivity index is 1.54. The van der Waals surface area contributed by atoms with Crippen LogP contribution < -0.4 is 5.48 Å². The van der Waals surface area contributed by atoms with Crippen LogP contribution in [0.1, 0.15) is 31.2 Å². The number of hydroxylamine groups is 1. The van der Waals surface area contributed by atoms with Gasteiger partial charge in [-0.2, -0.15) is 0 Å². The molecular weight excluding hydrogens is 334 g/mol. The van der Waals surface area contributed by atoms with E-state index in [9.17, 15) is 9.90 Å². The standard InChI is InChI=1S/C18H21N5O3/c1-22(14-7-2-3-8-14)18(25)23-10-15(19-11-23)12-5-4-6-13(9-12)16-20-17(24)26-21-16/h4-6,9-11,14,17,24H,2-3,7-8H2,1H3,(H,20,21). The molecule has 1 aliphatic heterocycles. The number of rotatable bonds is 3. The van der Waals surface area contributed by atoms with E-state index in [1.807, 2.05) is 36.2 Å². The molecule has 0 spiro atoms. The van der Waals surface area contributed by atoms with Gasteiger partial charge in [0.15, 0.2) is 5.84 Å². The van der Waals surface area contributed by atoms with Crippen molar-refractivity contribution < 1.29 is 14.7 Å². The van der Waals surface area contributed by atoms with Crippen LogP contribution in [-0.2, 0) is 4.84 Å². The Bertz CT molecular complexity index is 841. The maximum absolute atomic E-state index is 12.7. The van der Waals surface area contributed by atoms with Crippen LogP contribution >= 0.6 is 0 Å². The fraction of sp³-hybridized carbons (Fsp3) is 0.389. The van der Waals surface area contributed by atoms with Gasteiger partial charge in [0.2, 0.25) is 0 Å². The first-order valence-electron chi connectivity index (χ1n) is 8.71. The molecule has 8 nitrogen and oxygen atoms in total. The number of imidazole rings is 1. The van der Waals surface area contributed by atoms with Crippen LogP contribution in [0, 0.1) is 0 Å². The van der Waals surface area contributed by atoms with Crippen molar-refractivity contribution >= 4 is 11.9 Å². The molecule has 0 bridgehead atoms. The highest BCUT2D eigenvalue weighted by atomic mass is 16.7. The van der Waals surface area contributed by atoms with Crippen LogP contribution in [0.5, 0.6) is 0 Å². The molecule has 0 saturated heterocycles. The summed E-state index contributed by atoms with van der Waals surface area (Å²) in [5.74, 6) is 0.454. The Kier molecular flexibility index (Phi) is 4.44. The lowest BCUT2D eigenvalue weighted by Crippen LogP contribution is -2.37. The number of aliphatic imine (C=N–C) groups is 1. The summed E-state index contributed by atoms with van der Waals surface area (Å²) in [4.78, 5) is 27.6. The topological polar surface area (TPSA) is 92.0 Å². The first kappa shape index (κ1) is 16.7. The molecule has 2 aliphatic rings. The maximum atomic E-state index is 12.7. The number of hydrogen-bond acceptors (Lipinski definition) is 6. The third-order valence-corrected chi connectivity index (χ3v) is 4.91. The summed E-state index contributed by atoms with van der Waals surface area (Å²) >= 11 is 0. The highest BCUT2D eigenvalue weighted by Gasteiger charge is 2.24. The smallest absolute Gasteiger partial charge is 0.329 e. The normalized spacial score (nSPS) is 20.1. The van der Waals surface area contributed by atoms with Gasteiger partial charge in [0, 0.05) is 30.4 Å². The molecule has 1 aromatic carbocycles. The van der Waals surface area contributed by atoms with E-state index in [4.69, 9.17) is 4.84 Å². The van der Waals surface area contributed by atoms with Gasteiger partial charge in [-0.25, -0.2) is 25.1 Å². The fourth-order valence-electron chi connectivity index (χ4n) is 3.44. The zero-order chi connectivity index (χ0) is 18.1. The average Bonchev–Trinajstić information content (AvgIpc) is 3.41. The van der Waals surface area contributed by atoms with E-state index in [1.54, 1.807) is 12.5 Å². The van der Waals surface area contributed by atoms with Gasteiger partial charge in [0.05, 0.1) is 5.69 Å². The summed E-state index contributed by atoms with van der Waals surface area (Å²) < 4.78 is 1.53. The van der Waals surface area contributed by atoms with Crippen molar-refractivity contribution in [1.82, 2.24) is 19.9 Å². The van der Waals surface area contributed by atoms with Gasteiger partial charge in [-0.05, 0) is 18.9 Å². The minimum Gasteiger partial charge on any atom is -0.348 e. The van der Waals surface area contributed by atoms with E-state index in [2.05, 4.69) is 15.5 Å². The van der Waals surface area contributed by atoms with Gasteiger partial charge in [-0.1, -0.05) is 31.0 Å². The van der Waals surface area contributed by atoms with Crippen molar-refractivity contribution in [1.29, 1.82) is 0 Å². The number of hydrogen-bond donors (Lipinski definition) is 2. The minimum atomic E-state index is -1.20. The Hall–Kier alpha value is -2.71. The first-order valence-corrected chi connectivity index (χ1v) is 8.71. The van der Waals surface area contributed by atoms with E-state index >= 15 is 0 Å². The number of amidine groups is 1. The maximum Gasteiger partial charge on any atom is 0.329 e. The Morgan fingerprint density at radius 3 is 2.85 bits per heavy atom. The predicted octanol–water partition coefficient (Wildman–Crippen LogP) is 1.95. The van der Waals surface area contributed by atoms with Crippen LogP contribution in [0.25, 0.3) is 11.3 Å². The number of aromatic nitrogens is 2. The molecule has 1 amide bonds. The zero-order valence-electron chi connectivity index (χ0n) is 14.5. The molecule has 8 heteroatoms. The molecule has 1 atom stereocenters. The summed E-state index contributed by atoms with van der Waals surface area (Å²) in [5.41, 5.74) is 4.90. The van der Waals surface area contributed by atoms with Crippen LogP contribution in [0.2, 0.25) is 0 Å². The van der Waals surface area contributed by atoms with Crippen LogP contribution in [0.3, 0.4) is 0 Å². The van der Waals surface area contributed by atoms with Gasteiger partial charge in [-0.15, -0.1) is 0 Å². The summed E-state index contributed by atoms with van der Waals surface area (Å²) in [6, 6.07) is 7.76. The molecule has 2 N–H and O–H groups in total. The quantitative estimate of drug-likeness (QED) is 0.878. The Morgan fingerprint density at radius 2 is 2.12 bits per heavy atom.